The third-order valence-electron chi connectivity index (χ3n) is 4.52. The molecule has 5 rings (SSSR count). The highest BCUT2D eigenvalue weighted by Crippen LogP contribution is 2.48. The van der Waals surface area contributed by atoms with E-state index < -0.39 is 21.8 Å². The standard InChI is InChI=1S/C19H12N6O4S/c1-10-15(13(4-8-20-10)29-17-22-5-2-6-23-17)25-12-3-7-21-16-14(12)11(24-18(25)26)9-30(16)19(27)28/h2-9H,1H3,(H-,24,26,27,28)/p+1. The number of carbonyl (C=O) groups is 2. The number of carboxylic acid groups (broad SMARTS) is 1. The summed E-state index contributed by atoms with van der Waals surface area (Å²) in [4.78, 5) is 43.2. The summed E-state index contributed by atoms with van der Waals surface area (Å²) >= 11 is 0. The zero-order chi connectivity index (χ0) is 20.8. The molecule has 0 bridgehead atoms. The van der Waals surface area contributed by atoms with Crippen LogP contribution in [0.15, 0.2) is 48.4 Å². The lowest BCUT2D eigenvalue weighted by molar-refractivity contribution is 0.221. The van der Waals surface area contributed by atoms with Gasteiger partial charge in [0.1, 0.15) is 27.2 Å². The number of aromatic nitrogens is 4. The molecular formula is C19H13N6O4S+. The molecule has 0 radical (unpaired) electrons. The quantitative estimate of drug-likeness (QED) is 0.461. The molecule has 1 aliphatic rings. The van der Waals surface area contributed by atoms with E-state index in [4.69, 9.17) is 4.74 Å². The second-order valence-corrected chi connectivity index (χ2v) is 7.93. The summed E-state index contributed by atoms with van der Waals surface area (Å²) < 4.78 is 5.83. The van der Waals surface area contributed by atoms with Gasteiger partial charge in [-0.05, 0) is 19.1 Å². The van der Waals surface area contributed by atoms with E-state index in [-0.39, 0.29) is 6.01 Å². The number of anilines is 3. The molecule has 0 aromatic carbocycles. The third kappa shape index (κ3) is 2.71. The van der Waals surface area contributed by atoms with E-state index in [1.807, 2.05) is 0 Å². The van der Waals surface area contributed by atoms with E-state index in [0.717, 1.165) is 0 Å². The predicted octanol–water partition coefficient (Wildman–Crippen LogP) is 4.48. The zero-order valence-corrected chi connectivity index (χ0v) is 16.3. The maximum Gasteiger partial charge on any atom is 0.554 e. The average Bonchev–Trinajstić information content (AvgIpc) is 3.10. The minimum Gasteiger partial charge on any atom is -0.437 e. The van der Waals surface area contributed by atoms with Gasteiger partial charge in [-0.25, -0.2) is 19.7 Å². The SMILES string of the molecule is Cc1nccc(Oc2ncccn2)c1N1C(=O)Nc2c[s+](C(=O)O)c3nccc1c23. The zero-order valence-electron chi connectivity index (χ0n) is 15.4. The molecule has 30 heavy (non-hydrogen) atoms. The predicted molar refractivity (Wildman–Crippen MR) is 110 cm³/mol. The van der Waals surface area contributed by atoms with Crippen molar-refractivity contribution in [3.05, 3.63) is 54.1 Å². The Morgan fingerprint density at radius 1 is 1.13 bits per heavy atom. The van der Waals surface area contributed by atoms with Crippen LogP contribution in [0.25, 0.3) is 10.2 Å². The van der Waals surface area contributed by atoms with Gasteiger partial charge in [0.2, 0.25) is 0 Å². The number of ether oxygens (including phenoxy) is 1. The van der Waals surface area contributed by atoms with Crippen LogP contribution in [0, 0.1) is 6.92 Å². The highest BCUT2D eigenvalue weighted by Gasteiger charge is 2.38. The van der Waals surface area contributed by atoms with Gasteiger partial charge in [-0.3, -0.25) is 9.88 Å². The number of rotatable bonds is 4. The molecule has 0 aliphatic carbocycles. The highest BCUT2D eigenvalue weighted by atomic mass is 32.2. The van der Waals surface area contributed by atoms with Crippen LogP contribution in [-0.4, -0.2) is 36.4 Å². The van der Waals surface area contributed by atoms with Crippen LogP contribution in [0.1, 0.15) is 5.69 Å². The smallest absolute Gasteiger partial charge is 0.437 e. The number of carbonyl (C=O) groups excluding carboxylic acids is 1. The number of aryl methyl sites for hydroxylation is 1. The summed E-state index contributed by atoms with van der Waals surface area (Å²) in [6.07, 6.45) is 6.14. The maximum atomic E-state index is 13.1. The number of thiophene rings is 1. The van der Waals surface area contributed by atoms with E-state index >= 15 is 0 Å². The maximum absolute atomic E-state index is 13.1. The first-order valence-corrected chi connectivity index (χ1v) is 10.0. The van der Waals surface area contributed by atoms with E-state index in [1.165, 1.54) is 16.5 Å². The van der Waals surface area contributed by atoms with Crippen molar-refractivity contribution in [2.75, 3.05) is 10.2 Å². The Morgan fingerprint density at radius 2 is 1.90 bits per heavy atom. The van der Waals surface area contributed by atoms with Crippen molar-refractivity contribution >= 4 is 49.1 Å². The minimum atomic E-state index is -1.25. The Balaban J connectivity index is 1.72. The number of nitrogens with zero attached hydrogens (tertiary/aromatic N) is 5. The van der Waals surface area contributed by atoms with E-state index in [1.54, 1.807) is 43.7 Å². The summed E-state index contributed by atoms with van der Waals surface area (Å²) in [5.74, 6) is 0.331. The summed E-state index contributed by atoms with van der Waals surface area (Å²) in [7, 11) is -1.25. The monoisotopic (exact) mass is 421 g/mol. The first-order valence-electron chi connectivity index (χ1n) is 8.73. The van der Waals surface area contributed by atoms with E-state index in [0.29, 0.717) is 38.7 Å². The first-order chi connectivity index (χ1) is 14.5. The second-order valence-electron chi connectivity index (χ2n) is 6.29. The van der Waals surface area contributed by atoms with Crippen LogP contribution in [0.5, 0.6) is 11.8 Å². The molecule has 4 aromatic rings. The molecule has 0 spiro atoms. The summed E-state index contributed by atoms with van der Waals surface area (Å²) in [6.45, 7) is 1.75. The number of urea groups is 1. The Bertz CT molecular complexity index is 1320. The topological polar surface area (TPSA) is 130 Å². The molecule has 0 saturated heterocycles. The van der Waals surface area contributed by atoms with Gasteiger partial charge in [-0.15, -0.1) is 0 Å². The van der Waals surface area contributed by atoms with Crippen molar-refractivity contribution in [2.45, 2.75) is 6.92 Å². The molecule has 0 saturated carbocycles. The molecule has 0 fully saturated rings. The van der Waals surface area contributed by atoms with Crippen molar-refractivity contribution in [1.29, 1.82) is 0 Å². The lowest BCUT2D eigenvalue weighted by Crippen LogP contribution is -2.34. The molecule has 4 aromatic heterocycles. The van der Waals surface area contributed by atoms with Crippen LogP contribution in [0.2, 0.25) is 0 Å². The number of amides is 2. The van der Waals surface area contributed by atoms with Crippen molar-refractivity contribution in [3.8, 4) is 11.8 Å². The van der Waals surface area contributed by atoms with Crippen molar-refractivity contribution in [3.63, 3.8) is 0 Å². The molecule has 1 unspecified atom stereocenters. The van der Waals surface area contributed by atoms with Crippen molar-refractivity contribution in [1.82, 2.24) is 19.9 Å². The highest BCUT2D eigenvalue weighted by molar-refractivity contribution is 7.54. The molecule has 2 N–H and O–H groups in total. The number of hydrogen-bond donors (Lipinski definition) is 2. The molecule has 2 amide bonds. The van der Waals surface area contributed by atoms with Crippen LogP contribution in [-0.2, 0) is 0 Å². The molecular weight excluding hydrogens is 408 g/mol. The Morgan fingerprint density at radius 3 is 2.67 bits per heavy atom. The molecule has 1 atom stereocenters. The summed E-state index contributed by atoms with van der Waals surface area (Å²) in [5.41, 5.74) is 1.88. The lowest BCUT2D eigenvalue weighted by atomic mass is 10.1. The Kier molecular flexibility index (Phi) is 4.03. The van der Waals surface area contributed by atoms with Crippen LogP contribution < -0.4 is 15.0 Å². The van der Waals surface area contributed by atoms with Gasteiger partial charge in [0.05, 0.1) is 11.4 Å². The fourth-order valence-corrected chi connectivity index (χ4v) is 4.72. The van der Waals surface area contributed by atoms with Crippen LogP contribution in [0.4, 0.5) is 26.7 Å². The minimum absolute atomic E-state index is 0.120. The lowest BCUT2D eigenvalue weighted by Gasteiger charge is -2.28. The number of pyridine rings is 2. The largest absolute Gasteiger partial charge is 0.554 e. The number of hydrogen-bond acceptors (Lipinski definition) is 7. The van der Waals surface area contributed by atoms with Crippen molar-refractivity contribution in [2.24, 2.45) is 0 Å². The second kappa shape index (κ2) is 6.74. The van der Waals surface area contributed by atoms with Gasteiger partial charge < -0.3 is 15.2 Å². The fraction of sp³-hybridized carbons (Fsp3) is 0.0526. The average molecular weight is 421 g/mol. The molecule has 5 heterocycles. The van der Waals surface area contributed by atoms with E-state index in [2.05, 4.69) is 25.3 Å². The van der Waals surface area contributed by atoms with Gasteiger partial charge in [0.15, 0.2) is 11.1 Å². The molecule has 10 nitrogen and oxygen atoms in total. The van der Waals surface area contributed by atoms with Gasteiger partial charge in [0.25, 0.3) is 4.83 Å². The van der Waals surface area contributed by atoms with Gasteiger partial charge in [-0.1, -0.05) is 0 Å². The first kappa shape index (κ1) is 17.9. The fourth-order valence-electron chi connectivity index (χ4n) is 3.33. The van der Waals surface area contributed by atoms with Gasteiger partial charge in [0, 0.05) is 30.9 Å². The van der Waals surface area contributed by atoms with Crippen LogP contribution >= 0.6 is 10.5 Å². The Labute approximate surface area is 171 Å². The summed E-state index contributed by atoms with van der Waals surface area (Å²) in [6, 6.07) is 4.60. The third-order valence-corrected chi connectivity index (χ3v) is 6.09. The van der Waals surface area contributed by atoms with Crippen LogP contribution in [0.3, 0.4) is 0 Å². The summed E-state index contributed by atoms with van der Waals surface area (Å²) in [5, 5.41) is 13.4. The normalized spacial score (nSPS) is 13.3. The number of nitrogens with one attached hydrogen (secondary N) is 1. The Hall–Kier alpha value is -4.12. The molecule has 11 heteroatoms. The molecule has 148 valence electrons. The molecule has 1 aliphatic heterocycles. The van der Waals surface area contributed by atoms with Gasteiger partial charge in [-0.2, -0.15) is 4.79 Å². The van der Waals surface area contributed by atoms with Gasteiger partial charge >= 0.3 is 17.3 Å². The van der Waals surface area contributed by atoms with Crippen molar-refractivity contribution < 1.29 is 19.4 Å². The van der Waals surface area contributed by atoms with E-state index in [9.17, 15) is 14.7 Å².